The molecule has 0 aliphatic rings. The summed E-state index contributed by atoms with van der Waals surface area (Å²) >= 11 is 8.45. The molecule has 132 valence electrons. The third kappa shape index (κ3) is 5.20. The van der Waals surface area contributed by atoms with Gasteiger partial charge < -0.3 is 15.2 Å². The maximum Gasteiger partial charge on any atom is 0.341 e. The Kier molecular flexibility index (Phi) is 6.44. The van der Waals surface area contributed by atoms with Crippen molar-refractivity contribution in [2.45, 2.75) is 13.5 Å². The number of hydrogen-bond acceptors (Lipinski definition) is 3. The number of aryl methyl sites for hydroxylation is 1. The van der Waals surface area contributed by atoms with Gasteiger partial charge >= 0.3 is 5.97 Å². The van der Waals surface area contributed by atoms with Crippen LogP contribution in [0.3, 0.4) is 0 Å². The van der Waals surface area contributed by atoms with E-state index in [0.717, 1.165) is 6.07 Å². The Hall–Kier alpha value is -2.06. The van der Waals surface area contributed by atoms with E-state index < -0.39 is 24.2 Å². The van der Waals surface area contributed by atoms with Gasteiger partial charge in [0.15, 0.2) is 6.61 Å². The van der Waals surface area contributed by atoms with Gasteiger partial charge in [0, 0.05) is 22.6 Å². The normalized spacial score (nSPS) is 10.4. The van der Waals surface area contributed by atoms with Crippen LogP contribution in [0.2, 0.25) is 0 Å². The van der Waals surface area contributed by atoms with Gasteiger partial charge in [-0.2, -0.15) is 0 Å². The molecule has 2 aromatic carbocycles. The van der Waals surface area contributed by atoms with E-state index in [0.29, 0.717) is 21.2 Å². The standard InChI is InChI=1S/C17H14BrF2NO3S/c1-9-4-12(15(6-13(9)19)24-8-16(22)23)17(25)21-7-10-2-3-11(18)5-14(10)20/h2-6H,7-8H2,1H3,(H,21,25)(H,22,23). The highest BCUT2D eigenvalue weighted by molar-refractivity contribution is 9.10. The molecular weight excluding hydrogens is 416 g/mol. The van der Waals surface area contributed by atoms with E-state index >= 15 is 0 Å². The Morgan fingerprint density at radius 3 is 2.64 bits per heavy atom. The van der Waals surface area contributed by atoms with Crippen LogP contribution < -0.4 is 10.1 Å². The molecule has 0 heterocycles. The molecule has 25 heavy (non-hydrogen) atoms. The van der Waals surface area contributed by atoms with Gasteiger partial charge in [-0.15, -0.1) is 0 Å². The van der Waals surface area contributed by atoms with Crippen LogP contribution in [-0.4, -0.2) is 22.7 Å². The van der Waals surface area contributed by atoms with Gasteiger partial charge in [0.25, 0.3) is 0 Å². The molecule has 0 radical (unpaired) electrons. The molecule has 0 aliphatic carbocycles. The van der Waals surface area contributed by atoms with E-state index in [1.165, 1.54) is 12.1 Å². The molecule has 2 N–H and O–H groups in total. The Morgan fingerprint density at radius 2 is 2.00 bits per heavy atom. The van der Waals surface area contributed by atoms with Crippen LogP contribution in [0.4, 0.5) is 8.78 Å². The van der Waals surface area contributed by atoms with Gasteiger partial charge in [0.2, 0.25) is 0 Å². The average molecular weight is 430 g/mol. The van der Waals surface area contributed by atoms with Crippen molar-refractivity contribution in [2.24, 2.45) is 0 Å². The van der Waals surface area contributed by atoms with Crippen LogP contribution in [0.1, 0.15) is 16.7 Å². The van der Waals surface area contributed by atoms with Gasteiger partial charge in [-0.05, 0) is 30.7 Å². The third-order valence-electron chi connectivity index (χ3n) is 3.31. The number of hydrogen-bond donors (Lipinski definition) is 2. The fraction of sp³-hybridized carbons (Fsp3) is 0.176. The smallest absolute Gasteiger partial charge is 0.341 e. The quantitative estimate of drug-likeness (QED) is 0.680. The largest absolute Gasteiger partial charge is 0.481 e. The van der Waals surface area contributed by atoms with Crippen LogP contribution in [-0.2, 0) is 11.3 Å². The molecule has 0 fully saturated rings. The molecule has 0 unspecified atom stereocenters. The fourth-order valence-electron chi connectivity index (χ4n) is 2.04. The molecule has 0 bridgehead atoms. The fourth-order valence-corrected chi connectivity index (χ4v) is 2.60. The highest BCUT2D eigenvalue weighted by atomic mass is 79.9. The van der Waals surface area contributed by atoms with Crippen LogP contribution in [0.5, 0.6) is 5.75 Å². The summed E-state index contributed by atoms with van der Waals surface area (Å²) in [5.41, 5.74) is 1.07. The van der Waals surface area contributed by atoms with Gasteiger partial charge in [-0.3, -0.25) is 0 Å². The first-order valence-electron chi connectivity index (χ1n) is 7.14. The van der Waals surface area contributed by atoms with Crippen LogP contribution in [0.15, 0.2) is 34.8 Å². The van der Waals surface area contributed by atoms with E-state index in [1.807, 2.05) is 0 Å². The minimum absolute atomic E-state index is 0.0132. The first-order chi connectivity index (χ1) is 11.8. The van der Waals surface area contributed by atoms with Gasteiger partial charge in [-0.1, -0.05) is 34.2 Å². The molecule has 0 amide bonds. The Bertz CT molecular complexity index is 830. The summed E-state index contributed by atoms with van der Waals surface area (Å²) < 4.78 is 33.3. The van der Waals surface area contributed by atoms with Crippen molar-refractivity contribution >= 4 is 39.1 Å². The number of aliphatic carboxylic acids is 1. The minimum Gasteiger partial charge on any atom is -0.481 e. The molecule has 2 aromatic rings. The first-order valence-corrected chi connectivity index (χ1v) is 8.35. The summed E-state index contributed by atoms with van der Waals surface area (Å²) in [5, 5.41) is 11.6. The summed E-state index contributed by atoms with van der Waals surface area (Å²) in [6.45, 7) is 1.04. The van der Waals surface area contributed by atoms with E-state index in [2.05, 4.69) is 21.2 Å². The second-order valence-electron chi connectivity index (χ2n) is 5.20. The van der Waals surface area contributed by atoms with E-state index in [4.69, 9.17) is 22.1 Å². The molecule has 0 aromatic heterocycles. The predicted octanol–water partition coefficient (Wildman–Crippen LogP) is 3.96. The maximum atomic E-state index is 13.9. The summed E-state index contributed by atoms with van der Waals surface area (Å²) in [4.78, 5) is 10.9. The van der Waals surface area contributed by atoms with Crippen molar-refractivity contribution in [2.75, 3.05) is 6.61 Å². The van der Waals surface area contributed by atoms with Gasteiger partial charge in [0.1, 0.15) is 22.4 Å². The minimum atomic E-state index is -1.19. The molecule has 0 saturated heterocycles. The van der Waals surface area contributed by atoms with E-state index in [-0.39, 0.29) is 17.3 Å². The van der Waals surface area contributed by atoms with Gasteiger partial charge in [0.05, 0.1) is 5.56 Å². The van der Waals surface area contributed by atoms with Crippen LogP contribution >= 0.6 is 28.1 Å². The lowest BCUT2D eigenvalue weighted by molar-refractivity contribution is -0.139. The molecule has 0 aliphatic heterocycles. The Morgan fingerprint density at radius 1 is 1.28 bits per heavy atom. The lowest BCUT2D eigenvalue weighted by Crippen LogP contribution is -2.24. The topological polar surface area (TPSA) is 58.6 Å². The van der Waals surface area contributed by atoms with Gasteiger partial charge in [-0.25, -0.2) is 13.6 Å². The molecule has 2 rings (SSSR count). The number of carboxylic acids is 1. The predicted molar refractivity (Wildman–Crippen MR) is 96.9 cm³/mol. The van der Waals surface area contributed by atoms with Crippen molar-refractivity contribution in [1.82, 2.24) is 5.32 Å². The summed E-state index contributed by atoms with van der Waals surface area (Å²) in [6, 6.07) is 7.18. The highest BCUT2D eigenvalue weighted by Crippen LogP contribution is 2.24. The molecule has 0 atom stereocenters. The number of thiocarbonyl (C=S) groups is 1. The van der Waals surface area contributed by atoms with Crippen molar-refractivity contribution in [1.29, 1.82) is 0 Å². The number of benzene rings is 2. The van der Waals surface area contributed by atoms with Crippen molar-refractivity contribution < 1.29 is 23.4 Å². The number of ether oxygens (including phenoxy) is 1. The van der Waals surface area contributed by atoms with Crippen molar-refractivity contribution in [3.63, 3.8) is 0 Å². The summed E-state index contributed by atoms with van der Waals surface area (Å²) in [7, 11) is 0. The summed E-state index contributed by atoms with van der Waals surface area (Å²) in [6.07, 6.45) is 0. The lowest BCUT2D eigenvalue weighted by atomic mass is 10.1. The SMILES string of the molecule is Cc1cc(C(=S)NCc2ccc(Br)cc2F)c(OCC(=O)O)cc1F. The summed E-state index contributed by atoms with van der Waals surface area (Å²) in [5.74, 6) is -2.12. The van der Waals surface area contributed by atoms with E-state index in [9.17, 15) is 13.6 Å². The third-order valence-corrected chi connectivity index (χ3v) is 4.17. The zero-order chi connectivity index (χ0) is 18.6. The zero-order valence-electron chi connectivity index (χ0n) is 13.1. The van der Waals surface area contributed by atoms with E-state index in [1.54, 1.807) is 19.1 Å². The number of nitrogens with one attached hydrogen (secondary N) is 1. The number of carbonyl (C=O) groups is 1. The molecule has 8 heteroatoms. The average Bonchev–Trinajstić information content (AvgIpc) is 2.54. The van der Waals surface area contributed by atoms with Crippen LogP contribution in [0.25, 0.3) is 0 Å². The lowest BCUT2D eigenvalue weighted by Gasteiger charge is -2.14. The Labute approximate surface area is 156 Å². The Balaban J connectivity index is 2.19. The number of rotatable bonds is 6. The monoisotopic (exact) mass is 429 g/mol. The molecule has 4 nitrogen and oxygen atoms in total. The molecular formula is C17H14BrF2NO3S. The zero-order valence-corrected chi connectivity index (χ0v) is 15.5. The highest BCUT2D eigenvalue weighted by Gasteiger charge is 2.14. The van der Waals surface area contributed by atoms with Crippen molar-refractivity contribution in [3.8, 4) is 5.75 Å². The van der Waals surface area contributed by atoms with Crippen LogP contribution in [0, 0.1) is 18.6 Å². The first kappa shape index (κ1) is 19.3. The van der Waals surface area contributed by atoms with Crippen molar-refractivity contribution in [3.05, 3.63) is 63.1 Å². The molecule has 0 spiro atoms. The second kappa shape index (κ2) is 8.35. The molecule has 0 saturated carbocycles. The second-order valence-corrected chi connectivity index (χ2v) is 6.52. The number of carboxylic acid groups (broad SMARTS) is 1. The maximum absolute atomic E-state index is 13.9. The number of halogens is 3.